The summed E-state index contributed by atoms with van der Waals surface area (Å²) in [6, 6.07) is 22.1. The van der Waals surface area contributed by atoms with Gasteiger partial charge in [0.1, 0.15) is 12.4 Å². The van der Waals surface area contributed by atoms with Crippen molar-refractivity contribution in [1.82, 2.24) is 4.98 Å². The Bertz CT molecular complexity index is 774. The number of para-hydroxylation sites is 2. The standard InChI is InChI=1S/C19H16N2O2/c22-19(21-15-8-2-1-3-9-15)17-11-4-5-12-18(17)23-14-16-10-6-7-13-20-16/h1-13H,14H2,(H,21,22). The number of anilines is 1. The third-order valence-electron chi connectivity index (χ3n) is 3.27. The van der Waals surface area contributed by atoms with Crippen molar-refractivity contribution >= 4 is 11.6 Å². The Balaban J connectivity index is 1.73. The molecule has 0 aliphatic heterocycles. The number of amides is 1. The fraction of sp³-hybridized carbons (Fsp3) is 0.0526. The maximum atomic E-state index is 12.4. The quantitative estimate of drug-likeness (QED) is 0.777. The summed E-state index contributed by atoms with van der Waals surface area (Å²) in [5.74, 6) is 0.333. The minimum Gasteiger partial charge on any atom is -0.486 e. The predicted molar refractivity (Wildman–Crippen MR) is 89.4 cm³/mol. The van der Waals surface area contributed by atoms with Crippen molar-refractivity contribution in [3.8, 4) is 5.75 Å². The molecular weight excluding hydrogens is 288 g/mol. The monoisotopic (exact) mass is 304 g/mol. The second-order valence-electron chi connectivity index (χ2n) is 4.93. The highest BCUT2D eigenvalue weighted by molar-refractivity contribution is 6.06. The zero-order valence-corrected chi connectivity index (χ0v) is 12.5. The van der Waals surface area contributed by atoms with Gasteiger partial charge in [0.15, 0.2) is 0 Å². The van der Waals surface area contributed by atoms with Gasteiger partial charge in [0.05, 0.1) is 11.3 Å². The van der Waals surface area contributed by atoms with Crippen LogP contribution in [0.15, 0.2) is 79.0 Å². The molecule has 0 spiro atoms. The van der Waals surface area contributed by atoms with Gasteiger partial charge in [-0.25, -0.2) is 0 Å². The summed E-state index contributed by atoms with van der Waals surface area (Å²) in [5, 5.41) is 2.86. The van der Waals surface area contributed by atoms with Gasteiger partial charge < -0.3 is 10.1 Å². The van der Waals surface area contributed by atoms with E-state index in [2.05, 4.69) is 10.3 Å². The van der Waals surface area contributed by atoms with E-state index in [-0.39, 0.29) is 5.91 Å². The van der Waals surface area contributed by atoms with E-state index in [0.29, 0.717) is 17.9 Å². The van der Waals surface area contributed by atoms with Gasteiger partial charge in [-0.05, 0) is 36.4 Å². The van der Waals surface area contributed by atoms with Gasteiger partial charge >= 0.3 is 0 Å². The van der Waals surface area contributed by atoms with Crippen molar-refractivity contribution in [3.63, 3.8) is 0 Å². The van der Waals surface area contributed by atoms with Crippen LogP contribution in [0, 0.1) is 0 Å². The van der Waals surface area contributed by atoms with E-state index in [4.69, 9.17) is 4.74 Å². The van der Waals surface area contributed by atoms with Crippen molar-refractivity contribution in [2.24, 2.45) is 0 Å². The number of carbonyl (C=O) groups excluding carboxylic acids is 1. The van der Waals surface area contributed by atoms with Crippen molar-refractivity contribution in [2.75, 3.05) is 5.32 Å². The molecule has 1 heterocycles. The zero-order valence-electron chi connectivity index (χ0n) is 12.5. The number of pyridine rings is 1. The van der Waals surface area contributed by atoms with Crippen LogP contribution in [0.3, 0.4) is 0 Å². The molecule has 23 heavy (non-hydrogen) atoms. The Kier molecular flexibility index (Phi) is 4.64. The van der Waals surface area contributed by atoms with Crippen LogP contribution in [0.2, 0.25) is 0 Å². The predicted octanol–water partition coefficient (Wildman–Crippen LogP) is 3.91. The summed E-state index contributed by atoms with van der Waals surface area (Å²) in [4.78, 5) is 16.7. The minimum absolute atomic E-state index is 0.201. The van der Waals surface area contributed by atoms with Crippen LogP contribution < -0.4 is 10.1 Å². The van der Waals surface area contributed by atoms with Crippen LogP contribution >= 0.6 is 0 Å². The van der Waals surface area contributed by atoms with Crippen molar-refractivity contribution in [3.05, 3.63) is 90.3 Å². The summed E-state index contributed by atoms with van der Waals surface area (Å²) in [6.45, 7) is 0.316. The molecule has 0 radical (unpaired) electrons. The summed E-state index contributed by atoms with van der Waals surface area (Å²) < 4.78 is 5.76. The molecule has 0 aliphatic rings. The Morgan fingerprint density at radius 3 is 2.43 bits per heavy atom. The molecule has 0 fully saturated rings. The first-order valence-corrected chi connectivity index (χ1v) is 7.31. The van der Waals surface area contributed by atoms with E-state index in [1.54, 1.807) is 18.3 Å². The van der Waals surface area contributed by atoms with Gasteiger partial charge in [-0.1, -0.05) is 36.4 Å². The summed E-state index contributed by atoms with van der Waals surface area (Å²) in [5.41, 5.74) is 2.05. The fourth-order valence-corrected chi connectivity index (χ4v) is 2.14. The molecule has 0 aliphatic carbocycles. The van der Waals surface area contributed by atoms with Gasteiger partial charge in [-0.2, -0.15) is 0 Å². The second-order valence-corrected chi connectivity index (χ2v) is 4.93. The summed E-state index contributed by atoms with van der Waals surface area (Å²) >= 11 is 0. The van der Waals surface area contributed by atoms with Gasteiger partial charge in [0.2, 0.25) is 0 Å². The molecule has 1 N–H and O–H groups in total. The highest BCUT2D eigenvalue weighted by atomic mass is 16.5. The van der Waals surface area contributed by atoms with E-state index < -0.39 is 0 Å². The maximum Gasteiger partial charge on any atom is 0.259 e. The van der Waals surface area contributed by atoms with Crippen LogP contribution in [-0.2, 0) is 6.61 Å². The van der Waals surface area contributed by atoms with Gasteiger partial charge in [0.25, 0.3) is 5.91 Å². The highest BCUT2D eigenvalue weighted by Gasteiger charge is 2.12. The molecule has 0 atom stereocenters. The van der Waals surface area contributed by atoms with Gasteiger partial charge in [0, 0.05) is 11.9 Å². The van der Waals surface area contributed by atoms with Crippen molar-refractivity contribution < 1.29 is 9.53 Å². The number of aromatic nitrogens is 1. The number of nitrogens with zero attached hydrogens (tertiary/aromatic N) is 1. The molecule has 114 valence electrons. The van der Waals surface area contributed by atoms with Gasteiger partial charge in [-0.15, -0.1) is 0 Å². The molecular formula is C19H16N2O2. The molecule has 2 aromatic carbocycles. The van der Waals surface area contributed by atoms with E-state index >= 15 is 0 Å². The molecule has 1 amide bonds. The maximum absolute atomic E-state index is 12.4. The molecule has 0 saturated heterocycles. The van der Waals surface area contributed by atoms with E-state index in [1.165, 1.54) is 0 Å². The first-order valence-electron chi connectivity index (χ1n) is 7.31. The van der Waals surface area contributed by atoms with Crippen LogP contribution in [-0.4, -0.2) is 10.9 Å². The number of nitrogens with one attached hydrogen (secondary N) is 1. The van der Waals surface area contributed by atoms with Crippen molar-refractivity contribution in [2.45, 2.75) is 6.61 Å². The number of hydrogen-bond acceptors (Lipinski definition) is 3. The number of carbonyl (C=O) groups is 1. The third kappa shape index (κ3) is 3.95. The van der Waals surface area contributed by atoms with Crippen LogP contribution in [0.4, 0.5) is 5.69 Å². The fourth-order valence-electron chi connectivity index (χ4n) is 2.14. The lowest BCUT2D eigenvalue weighted by Crippen LogP contribution is -2.13. The normalized spacial score (nSPS) is 10.1. The SMILES string of the molecule is O=C(Nc1ccccc1)c1ccccc1OCc1ccccn1. The van der Waals surface area contributed by atoms with Crippen LogP contribution in [0.5, 0.6) is 5.75 Å². The molecule has 0 bridgehead atoms. The average Bonchev–Trinajstić information content (AvgIpc) is 2.62. The number of benzene rings is 2. The molecule has 0 unspecified atom stereocenters. The summed E-state index contributed by atoms with van der Waals surface area (Å²) in [7, 11) is 0. The first-order chi connectivity index (χ1) is 11.3. The van der Waals surface area contributed by atoms with Crippen LogP contribution in [0.1, 0.15) is 16.1 Å². The van der Waals surface area contributed by atoms with E-state index in [1.807, 2.05) is 60.7 Å². The number of rotatable bonds is 5. The molecule has 3 rings (SSSR count). The number of ether oxygens (including phenoxy) is 1. The second kappa shape index (κ2) is 7.22. The lowest BCUT2D eigenvalue weighted by atomic mass is 10.2. The molecule has 4 nitrogen and oxygen atoms in total. The first kappa shape index (κ1) is 14.8. The number of hydrogen-bond donors (Lipinski definition) is 1. The Morgan fingerprint density at radius 2 is 1.65 bits per heavy atom. The average molecular weight is 304 g/mol. The van der Waals surface area contributed by atoms with Gasteiger partial charge in [-0.3, -0.25) is 9.78 Å². The Labute approximate surface area is 134 Å². The Morgan fingerprint density at radius 1 is 0.913 bits per heavy atom. The summed E-state index contributed by atoms with van der Waals surface area (Å²) in [6.07, 6.45) is 1.71. The lowest BCUT2D eigenvalue weighted by Gasteiger charge is -2.11. The molecule has 4 heteroatoms. The van der Waals surface area contributed by atoms with Crippen molar-refractivity contribution in [1.29, 1.82) is 0 Å². The molecule has 1 aromatic heterocycles. The minimum atomic E-state index is -0.201. The largest absolute Gasteiger partial charge is 0.486 e. The topological polar surface area (TPSA) is 51.2 Å². The smallest absolute Gasteiger partial charge is 0.259 e. The lowest BCUT2D eigenvalue weighted by molar-refractivity contribution is 0.102. The van der Waals surface area contributed by atoms with Crippen LogP contribution in [0.25, 0.3) is 0 Å². The molecule has 3 aromatic rings. The third-order valence-corrected chi connectivity index (χ3v) is 3.27. The highest BCUT2D eigenvalue weighted by Crippen LogP contribution is 2.20. The van der Waals surface area contributed by atoms with E-state index in [0.717, 1.165) is 11.4 Å². The molecule has 0 saturated carbocycles. The van der Waals surface area contributed by atoms with E-state index in [9.17, 15) is 4.79 Å². The Hall–Kier alpha value is -3.14. The zero-order chi connectivity index (χ0) is 15.9.